The first-order valence-electron chi connectivity index (χ1n) is 24.1. The second-order valence-corrected chi connectivity index (χ2v) is 17.1. The molecule has 0 spiro atoms. The lowest BCUT2D eigenvalue weighted by molar-refractivity contribution is -0.161. The van der Waals surface area contributed by atoms with E-state index in [2.05, 4.69) is 98.9 Å². The molecule has 0 aromatic carbocycles. The molecule has 0 saturated carbocycles. The number of phosphoric ester groups is 1. The van der Waals surface area contributed by atoms with E-state index in [1.54, 1.807) is 0 Å². The van der Waals surface area contributed by atoms with Gasteiger partial charge in [0.05, 0.1) is 13.2 Å². The molecule has 0 saturated heterocycles. The number of carbonyl (C=O) groups is 2. The molecule has 2 atom stereocenters. The van der Waals surface area contributed by atoms with E-state index in [4.69, 9.17) is 24.3 Å². The van der Waals surface area contributed by atoms with Gasteiger partial charge in [-0.2, -0.15) is 0 Å². The predicted molar refractivity (Wildman–Crippen MR) is 256 cm³/mol. The smallest absolute Gasteiger partial charge is 0.462 e. The summed E-state index contributed by atoms with van der Waals surface area (Å²) in [6.45, 7) is 3.51. The Morgan fingerprint density at radius 2 is 0.902 bits per heavy atom. The highest BCUT2D eigenvalue weighted by molar-refractivity contribution is 7.47. The van der Waals surface area contributed by atoms with Gasteiger partial charge in [-0.05, 0) is 70.6 Å². The number of ether oxygens (including phenoxy) is 2. The van der Waals surface area contributed by atoms with Crippen molar-refractivity contribution in [2.75, 3.05) is 26.4 Å². The molecule has 0 bridgehead atoms. The Balaban J connectivity index is 3.82. The van der Waals surface area contributed by atoms with Crippen LogP contribution in [0.5, 0.6) is 0 Å². The van der Waals surface area contributed by atoms with Crippen LogP contribution in [0.2, 0.25) is 0 Å². The molecule has 0 aliphatic carbocycles. The van der Waals surface area contributed by atoms with Gasteiger partial charge < -0.3 is 20.1 Å². The minimum Gasteiger partial charge on any atom is -0.462 e. The summed E-state index contributed by atoms with van der Waals surface area (Å²) in [7, 11) is -4.37. The Labute approximate surface area is 373 Å². The highest BCUT2D eigenvalue weighted by Crippen LogP contribution is 2.43. The van der Waals surface area contributed by atoms with Crippen molar-refractivity contribution in [2.24, 2.45) is 5.73 Å². The zero-order chi connectivity index (χ0) is 44.6. The number of esters is 2. The minimum atomic E-state index is -4.37. The molecule has 0 amide bonds. The summed E-state index contributed by atoms with van der Waals surface area (Å²) < 4.78 is 32.6. The number of nitrogens with two attached hydrogens (primary N) is 1. The van der Waals surface area contributed by atoms with Gasteiger partial charge in [-0.3, -0.25) is 18.6 Å². The van der Waals surface area contributed by atoms with Gasteiger partial charge in [-0.25, -0.2) is 4.57 Å². The summed E-state index contributed by atoms with van der Waals surface area (Å²) in [4.78, 5) is 34.5. The molecule has 350 valence electrons. The number of phosphoric acid groups is 1. The fourth-order valence-electron chi connectivity index (χ4n) is 6.26. The molecule has 0 aromatic rings. The highest BCUT2D eigenvalue weighted by Gasteiger charge is 2.26. The highest BCUT2D eigenvalue weighted by atomic mass is 31.2. The third-order valence-electron chi connectivity index (χ3n) is 9.80. The number of allylic oxidation sites excluding steroid dienone is 14. The van der Waals surface area contributed by atoms with Crippen LogP contribution < -0.4 is 5.73 Å². The maximum atomic E-state index is 12.5. The Kier molecular flexibility index (Phi) is 44.5. The van der Waals surface area contributed by atoms with Gasteiger partial charge in [0, 0.05) is 19.4 Å². The lowest BCUT2D eigenvalue weighted by Gasteiger charge is -2.19. The first-order valence-corrected chi connectivity index (χ1v) is 25.6. The number of carbonyl (C=O) groups excluding carboxylic acids is 2. The van der Waals surface area contributed by atoms with Crippen LogP contribution in [-0.4, -0.2) is 49.3 Å². The van der Waals surface area contributed by atoms with E-state index in [1.165, 1.54) is 64.2 Å². The van der Waals surface area contributed by atoms with Crippen LogP contribution in [0, 0.1) is 0 Å². The van der Waals surface area contributed by atoms with E-state index in [1.807, 2.05) is 0 Å². The van der Waals surface area contributed by atoms with Crippen molar-refractivity contribution in [1.29, 1.82) is 0 Å². The maximum Gasteiger partial charge on any atom is 0.472 e. The number of unbranched alkanes of at least 4 members (excludes halogenated alkanes) is 17. The molecule has 0 heterocycles. The summed E-state index contributed by atoms with van der Waals surface area (Å²) in [5, 5.41) is 0. The van der Waals surface area contributed by atoms with Gasteiger partial charge in [0.2, 0.25) is 0 Å². The first-order chi connectivity index (χ1) is 29.8. The molecule has 0 aliphatic heterocycles. The van der Waals surface area contributed by atoms with E-state index >= 15 is 0 Å². The fraction of sp³-hybridized carbons (Fsp3) is 0.686. The van der Waals surface area contributed by atoms with Crippen molar-refractivity contribution < 1.29 is 37.6 Å². The molecule has 3 N–H and O–H groups in total. The molecule has 61 heavy (non-hydrogen) atoms. The zero-order valence-corrected chi connectivity index (χ0v) is 39.5. The minimum absolute atomic E-state index is 0.0510. The predicted octanol–water partition coefficient (Wildman–Crippen LogP) is 14.4. The molecule has 0 rings (SSSR count). The third-order valence-corrected chi connectivity index (χ3v) is 10.8. The molecule has 2 unspecified atom stereocenters. The molecule has 0 fully saturated rings. The summed E-state index contributed by atoms with van der Waals surface area (Å²) in [5.74, 6) is -0.847. The van der Waals surface area contributed by atoms with Crippen LogP contribution in [0.25, 0.3) is 0 Å². The van der Waals surface area contributed by atoms with E-state index in [0.717, 1.165) is 96.3 Å². The number of hydrogen-bond acceptors (Lipinski definition) is 8. The fourth-order valence-corrected chi connectivity index (χ4v) is 7.03. The Bertz CT molecular complexity index is 1270. The van der Waals surface area contributed by atoms with E-state index in [0.29, 0.717) is 6.42 Å². The van der Waals surface area contributed by atoms with Gasteiger partial charge >= 0.3 is 19.8 Å². The Morgan fingerprint density at radius 1 is 0.508 bits per heavy atom. The van der Waals surface area contributed by atoms with Gasteiger partial charge in [0.15, 0.2) is 6.10 Å². The first kappa shape index (κ1) is 58.2. The average Bonchev–Trinajstić information content (AvgIpc) is 3.25. The Morgan fingerprint density at radius 3 is 1.34 bits per heavy atom. The largest absolute Gasteiger partial charge is 0.472 e. The van der Waals surface area contributed by atoms with Gasteiger partial charge in [-0.15, -0.1) is 0 Å². The molecule has 10 heteroatoms. The van der Waals surface area contributed by atoms with Crippen molar-refractivity contribution in [3.05, 3.63) is 85.1 Å². The topological polar surface area (TPSA) is 134 Å². The second-order valence-electron chi connectivity index (χ2n) is 15.6. The van der Waals surface area contributed by atoms with E-state index in [9.17, 15) is 19.0 Å². The normalized spacial score (nSPS) is 14.0. The zero-order valence-electron chi connectivity index (χ0n) is 38.6. The van der Waals surface area contributed by atoms with Crippen molar-refractivity contribution in [1.82, 2.24) is 0 Å². The van der Waals surface area contributed by atoms with Gasteiger partial charge in [0.1, 0.15) is 6.61 Å². The van der Waals surface area contributed by atoms with Gasteiger partial charge in [0.25, 0.3) is 0 Å². The van der Waals surface area contributed by atoms with Crippen molar-refractivity contribution in [3.63, 3.8) is 0 Å². The van der Waals surface area contributed by atoms with Crippen LogP contribution >= 0.6 is 7.82 Å². The summed E-state index contributed by atoms with van der Waals surface area (Å²) in [6, 6.07) is 0. The molecule has 0 aromatic heterocycles. The third kappa shape index (κ3) is 46.5. The standard InChI is InChI=1S/C51H88NO8P/c1-3-5-7-9-10-11-12-13-14-15-16-17-18-19-20-21-22-23-24-25-26-27-28-29-30-31-32-33-34-35-36-37-38-40-42-44-51(54)60-49(48-59-61(55,56)58-46-45-52)47-57-50(53)43-41-39-8-6-4-2/h5,7,10-11,13-14,16-17,19-20,22-23,25-26,49H,3-4,6,8-9,12,15,18,21,24,27-48,52H2,1-2H3,(H,55,56)/b7-5-,11-10-,14-13-,17-16-,20-19-,23-22-,26-25-. The average molecular weight is 874 g/mol. The lowest BCUT2D eigenvalue weighted by Crippen LogP contribution is -2.29. The number of hydrogen-bond donors (Lipinski definition) is 2. The van der Waals surface area contributed by atoms with Crippen LogP contribution in [0.1, 0.15) is 194 Å². The Hall–Kier alpha value is -2.81. The lowest BCUT2D eigenvalue weighted by atomic mass is 10.0. The van der Waals surface area contributed by atoms with Crippen molar-refractivity contribution >= 4 is 19.8 Å². The molecule has 0 aliphatic rings. The SMILES string of the molecule is CC/C=C\C/C=C\C/C=C\C/C=C\C/C=C\C/C=C\C/C=C\CCCCCCCCCCCCCCCC(=O)OC(COC(=O)CCCCCCC)COP(=O)(O)OCCN. The monoisotopic (exact) mass is 874 g/mol. The summed E-state index contributed by atoms with van der Waals surface area (Å²) in [6.07, 6.45) is 59.8. The second kappa shape index (κ2) is 46.7. The molecular weight excluding hydrogens is 786 g/mol. The summed E-state index contributed by atoms with van der Waals surface area (Å²) in [5.41, 5.74) is 5.33. The quantitative estimate of drug-likeness (QED) is 0.0265. The summed E-state index contributed by atoms with van der Waals surface area (Å²) >= 11 is 0. The maximum absolute atomic E-state index is 12.5. The van der Waals surface area contributed by atoms with Crippen molar-refractivity contribution in [2.45, 2.75) is 200 Å². The number of rotatable bonds is 44. The van der Waals surface area contributed by atoms with Crippen LogP contribution in [0.3, 0.4) is 0 Å². The van der Waals surface area contributed by atoms with E-state index in [-0.39, 0.29) is 32.6 Å². The van der Waals surface area contributed by atoms with Crippen molar-refractivity contribution in [3.8, 4) is 0 Å². The van der Waals surface area contributed by atoms with E-state index < -0.39 is 32.5 Å². The van der Waals surface area contributed by atoms with Crippen LogP contribution in [0.4, 0.5) is 0 Å². The van der Waals surface area contributed by atoms with Gasteiger partial charge in [-0.1, -0.05) is 195 Å². The molecular formula is C51H88NO8P. The molecule has 9 nitrogen and oxygen atoms in total. The van der Waals surface area contributed by atoms with Crippen LogP contribution in [0.15, 0.2) is 85.1 Å². The molecule has 0 radical (unpaired) electrons. The van der Waals surface area contributed by atoms with Crippen LogP contribution in [-0.2, 0) is 32.7 Å².